The highest BCUT2D eigenvalue weighted by Crippen LogP contribution is 2.14. The molecule has 0 aliphatic heterocycles. The van der Waals surface area contributed by atoms with Gasteiger partial charge in [0.1, 0.15) is 0 Å². The molecule has 5 nitrogen and oxygen atoms in total. The lowest BCUT2D eigenvalue weighted by Crippen LogP contribution is -2.30. The molecular formula is C17H16N2O3. The maximum Gasteiger partial charge on any atom is 0.341 e. The molecule has 0 aliphatic carbocycles. The van der Waals surface area contributed by atoms with Gasteiger partial charge in [-0.25, -0.2) is 4.79 Å². The van der Waals surface area contributed by atoms with E-state index in [0.717, 1.165) is 0 Å². The molecule has 0 fully saturated rings. The third-order valence-corrected chi connectivity index (χ3v) is 2.86. The molecule has 0 aromatic heterocycles. The first-order chi connectivity index (χ1) is 10.7. The van der Waals surface area contributed by atoms with Gasteiger partial charge >= 0.3 is 5.97 Å². The van der Waals surface area contributed by atoms with Gasteiger partial charge in [0.05, 0.1) is 12.3 Å². The fraction of sp³-hybridized carbons (Fsp3) is 0.176. The summed E-state index contributed by atoms with van der Waals surface area (Å²) in [5, 5.41) is 7.85. The van der Waals surface area contributed by atoms with Crippen LogP contribution in [0.1, 0.15) is 17.3 Å². The standard InChI is InChI=1S/C17H16N2O3/c1-2-22-17(21)15(16(20)13-9-5-3-6-10-13)19-18-14-11-7-4-8-12-14/h3-12,15H,2H2,1H3. The van der Waals surface area contributed by atoms with E-state index in [1.54, 1.807) is 61.5 Å². The van der Waals surface area contributed by atoms with Gasteiger partial charge in [-0.2, -0.15) is 10.2 Å². The summed E-state index contributed by atoms with van der Waals surface area (Å²) in [6.45, 7) is 1.86. The maximum atomic E-state index is 12.4. The predicted octanol–water partition coefficient (Wildman–Crippen LogP) is 3.58. The van der Waals surface area contributed by atoms with E-state index < -0.39 is 17.8 Å². The second kappa shape index (κ2) is 7.83. The molecule has 0 bridgehead atoms. The van der Waals surface area contributed by atoms with Crippen LogP contribution in [-0.4, -0.2) is 24.4 Å². The van der Waals surface area contributed by atoms with Crippen LogP contribution in [0.2, 0.25) is 0 Å². The lowest BCUT2D eigenvalue weighted by molar-refractivity contribution is -0.143. The lowest BCUT2D eigenvalue weighted by Gasteiger charge is -2.09. The van der Waals surface area contributed by atoms with Gasteiger partial charge in [-0.1, -0.05) is 48.5 Å². The highest BCUT2D eigenvalue weighted by atomic mass is 16.5. The molecule has 0 saturated heterocycles. The van der Waals surface area contributed by atoms with Crippen molar-refractivity contribution in [1.82, 2.24) is 0 Å². The van der Waals surface area contributed by atoms with Crippen LogP contribution in [0, 0.1) is 0 Å². The molecule has 2 aromatic carbocycles. The van der Waals surface area contributed by atoms with Crippen LogP contribution in [0.4, 0.5) is 5.69 Å². The number of azo groups is 1. The van der Waals surface area contributed by atoms with Gasteiger partial charge in [-0.05, 0) is 19.1 Å². The molecule has 5 heteroatoms. The van der Waals surface area contributed by atoms with E-state index in [-0.39, 0.29) is 6.61 Å². The highest BCUT2D eigenvalue weighted by molar-refractivity contribution is 6.12. The topological polar surface area (TPSA) is 68.1 Å². The summed E-state index contributed by atoms with van der Waals surface area (Å²) in [5.41, 5.74) is 0.963. The van der Waals surface area contributed by atoms with E-state index in [9.17, 15) is 9.59 Å². The molecule has 0 radical (unpaired) electrons. The fourth-order valence-corrected chi connectivity index (χ4v) is 1.81. The quantitative estimate of drug-likeness (QED) is 0.354. The van der Waals surface area contributed by atoms with Gasteiger partial charge in [0, 0.05) is 5.56 Å². The fourth-order valence-electron chi connectivity index (χ4n) is 1.81. The first kappa shape index (κ1) is 15.6. The average molecular weight is 296 g/mol. The second-order valence-corrected chi connectivity index (χ2v) is 4.44. The number of hydrogen-bond donors (Lipinski definition) is 0. The molecule has 0 saturated carbocycles. The molecule has 0 spiro atoms. The molecule has 0 heterocycles. The van der Waals surface area contributed by atoms with Crippen molar-refractivity contribution in [3.8, 4) is 0 Å². The van der Waals surface area contributed by atoms with Crippen LogP contribution >= 0.6 is 0 Å². The Hall–Kier alpha value is -2.82. The summed E-state index contributed by atoms with van der Waals surface area (Å²) in [6, 6.07) is 16.1. The summed E-state index contributed by atoms with van der Waals surface area (Å²) in [5.74, 6) is -1.13. The molecular weight excluding hydrogens is 280 g/mol. The van der Waals surface area contributed by atoms with Crippen LogP contribution in [0.5, 0.6) is 0 Å². The van der Waals surface area contributed by atoms with Crippen molar-refractivity contribution < 1.29 is 14.3 Å². The van der Waals surface area contributed by atoms with Crippen LogP contribution in [0.15, 0.2) is 70.9 Å². The molecule has 2 aromatic rings. The van der Waals surface area contributed by atoms with Gasteiger partial charge in [0.15, 0.2) is 0 Å². The van der Waals surface area contributed by atoms with E-state index in [2.05, 4.69) is 10.2 Å². The molecule has 22 heavy (non-hydrogen) atoms. The minimum atomic E-state index is -1.29. The minimum Gasteiger partial charge on any atom is -0.464 e. The Morgan fingerprint density at radius 1 is 1.00 bits per heavy atom. The zero-order valence-corrected chi connectivity index (χ0v) is 12.2. The molecule has 1 atom stereocenters. The van der Waals surface area contributed by atoms with Crippen molar-refractivity contribution in [3.05, 3.63) is 66.2 Å². The minimum absolute atomic E-state index is 0.179. The van der Waals surface area contributed by atoms with Crippen molar-refractivity contribution in [2.75, 3.05) is 6.61 Å². The summed E-state index contributed by atoms with van der Waals surface area (Å²) in [4.78, 5) is 24.4. The number of Topliss-reactive ketones (excluding diaryl/α,β-unsaturated/α-hetero) is 1. The first-order valence-electron chi connectivity index (χ1n) is 6.94. The summed E-state index contributed by atoms with van der Waals surface area (Å²) in [6.07, 6.45) is 0. The smallest absolute Gasteiger partial charge is 0.341 e. The number of carbonyl (C=O) groups excluding carboxylic acids is 2. The highest BCUT2D eigenvalue weighted by Gasteiger charge is 2.29. The van der Waals surface area contributed by atoms with Crippen molar-refractivity contribution >= 4 is 17.4 Å². The average Bonchev–Trinajstić information content (AvgIpc) is 2.57. The van der Waals surface area contributed by atoms with E-state index in [1.165, 1.54) is 0 Å². The van der Waals surface area contributed by atoms with E-state index in [1.807, 2.05) is 6.07 Å². The van der Waals surface area contributed by atoms with Crippen molar-refractivity contribution in [3.63, 3.8) is 0 Å². The second-order valence-electron chi connectivity index (χ2n) is 4.44. The van der Waals surface area contributed by atoms with Gasteiger partial charge in [0.25, 0.3) is 0 Å². The Morgan fingerprint density at radius 2 is 1.59 bits per heavy atom. The maximum absolute atomic E-state index is 12.4. The van der Waals surface area contributed by atoms with Crippen molar-refractivity contribution in [2.24, 2.45) is 10.2 Å². The number of ketones is 1. The van der Waals surface area contributed by atoms with Crippen LogP contribution < -0.4 is 0 Å². The van der Waals surface area contributed by atoms with Crippen molar-refractivity contribution in [1.29, 1.82) is 0 Å². The molecule has 112 valence electrons. The Balaban J connectivity index is 2.25. The molecule has 0 aliphatic rings. The normalized spacial score (nSPS) is 12.0. The summed E-state index contributed by atoms with van der Waals surface area (Å²) < 4.78 is 4.92. The van der Waals surface area contributed by atoms with E-state index in [0.29, 0.717) is 11.3 Å². The zero-order chi connectivity index (χ0) is 15.8. The third kappa shape index (κ3) is 4.09. The number of hydrogen-bond acceptors (Lipinski definition) is 5. The Labute approximate surface area is 128 Å². The Kier molecular flexibility index (Phi) is 5.54. The monoisotopic (exact) mass is 296 g/mol. The van der Waals surface area contributed by atoms with Gasteiger partial charge in [-0.3, -0.25) is 4.79 Å². The van der Waals surface area contributed by atoms with Crippen LogP contribution in [-0.2, 0) is 9.53 Å². The molecule has 0 N–H and O–H groups in total. The summed E-state index contributed by atoms with van der Waals surface area (Å²) in [7, 11) is 0. The van der Waals surface area contributed by atoms with Crippen LogP contribution in [0.3, 0.4) is 0 Å². The number of ether oxygens (including phenoxy) is 1. The molecule has 2 rings (SSSR count). The third-order valence-electron chi connectivity index (χ3n) is 2.86. The number of carbonyl (C=O) groups is 2. The largest absolute Gasteiger partial charge is 0.464 e. The number of nitrogens with zero attached hydrogens (tertiary/aromatic N) is 2. The van der Waals surface area contributed by atoms with Crippen molar-refractivity contribution in [2.45, 2.75) is 13.0 Å². The van der Waals surface area contributed by atoms with E-state index >= 15 is 0 Å². The Morgan fingerprint density at radius 3 is 2.18 bits per heavy atom. The first-order valence-corrected chi connectivity index (χ1v) is 6.94. The molecule has 1 unspecified atom stereocenters. The van der Waals surface area contributed by atoms with Gasteiger partial charge in [0.2, 0.25) is 11.8 Å². The number of benzene rings is 2. The number of esters is 1. The number of rotatable bonds is 6. The Bertz CT molecular complexity index is 654. The summed E-state index contributed by atoms with van der Waals surface area (Å²) >= 11 is 0. The lowest BCUT2D eigenvalue weighted by atomic mass is 10.1. The molecule has 0 amide bonds. The van der Waals surface area contributed by atoms with E-state index in [4.69, 9.17) is 4.74 Å². The van der Waals surface area contributed by atoms with Crippen LogP contribution in [0.25, 0.3) is 0 Å². The van der Waals surface area contributed by atoms with Gasteiger partial charge in [-0.15, -0.1) is 0 Å². The van der Waals surface area contributed by atoms with Gasteiger partial charge < -0.3 is 4.74 Å². The zero-order valence-electron chi connectivity index (χ0n) is 12.2. The SMILES string of the molecule is CCOC(=O)C(N=Nc1ccccc1)C(=O)c1ccccc1. The predicted molar refractivity (Wildman–Crippen MR) is 82.2 cm³/mol.